The molecule has 2 atom stereocenters. The van der Waals surface area contributed by atoms with E-state index in [1.54, 1.807) is 27.3 Å². The van der Waals surface area contributed by atoms with Crippen molar-refractivity contribution in [2.75, 3.05) is 34.9 Å². The Labute approximate surface area is 152 Å². The van der Waals surface area contributed by atoms with Gasteiger partial charge in [0.2, 0.25) is 0 Å². The van der Waals surface area contributed by atoms with Gasteiger partial charge in [-0.1, -0.05) is 0 Å². The molecule has 1 aliphatic heterocycles. The number of likely N-dealkylation sites (N-methyl/N-ethyl adjacent to an activating group) is 1. The lowest BCUT2D eigenvalue weighted by Crippen LogP contribution is -2.48. The van der Waals surface area contributed by atoms with Gasteiger partial charge in [0.1, 0.15) is 6.04 Å². The van der Waals surface area contributed by atoms with E-state index in [4.69, 9.17) is 14.2 Å². The van der Waals surface area contributed by atoms with Crippen LogP contribution < -0.4 is 14.2 Å². The fourth-order valence-electron chi connectivity index (χ4n) is 4.37. The second kappa shape index (κ2) is 5.79. The molecular weight excluding hydrogens is 334 g/mol. The molecule has 0 spiro atoms. The zero-order valence-corrected chi connectivity index (χ0v) is 15.5. The van der Waals surface area contributed by atoms with Crippen LogP contribution in [0.25, 0.3) is 11.1 Å². The number of hydroxylamine groups is 3. The molecule has 2 aromatic carbocycles. The number of hydrogen-bond donors (Lipinski definition) is 1. The summed E-state index contributed by atoms with van der Waals surface area (Å²) in [5.41, 5.74) is 4.88. The molecule has 0 amide bonds. The summed E-state index contributed by atoms with van der Waals surface area (Å²) >= 11 is 0. The third kappa shape index (κ3) is 2.26. The minimum absolute atomic E-state index is 0.0766. The van der Waals surface area contributed by atoms with Crippen molar-refractivity contribution in [1.29, 1.82) is 0 Å². The third-order valence-electron chi connectivity index (χ3n) is 5.70. The van der Waals surface area contributed by atoms with Crippen molar-refractivity contribution in [3.63, 3.8) is 0 Å². The third-order valence-corrected chi connectivity index (χ3v) is 5.70. The standard InChI is InChI=1S/C20H23NO5/c1-21(23)6-5-11-9-17(25-3)20(26-4)19-13-10-16(24-2)15(22)8-12(13)7-14(21)18(11)19/h8-10,14,22H,5-7H2,1-4H3/t14-,21+/m0/s1. The van der Waals surface area contributed by atoms with Gasteiger partial charge in [-0.2, -0.15) is 0 Å². The molecule has 138 valence electrons. The number of benzene rings is 2. The van der Waals surface area contributed by atoms with E-state index in [1.165, 1.54) is 7.11 Å². The summed E-state index contributed by atoms with van der Waals surface area (Å²) in [6.07, 6.45) is 1.27. The normalized spacial score (nSPS) is 23.0. The van der Waals surface area contributed by atoms with Crippen LogP contribution >= 0.6 is 0 Å². The second-order valence-electron chi connectivity index (χ2n) is 7.11. The summed E-state index contributed by atoms with van der Waals surface area (Å²) in [5, 5.41) is 23.4. The molecule has 0 unspecified atom stereocenters. The van der Waals surface area contributed by atoms with Crippen molar-refractivity contribution in [2.24, 2.45) is 0 Å². The van der Waals surface area contributed by atoms with Crippen LogP contribution in [-0.2, 0) is 12.8 Å². The van der Waals surface area contributed by atoms with Gasteiger partial charge in [-0.25, -0.2) is 0 Å². The molecule has 0 fully saturated rings. The number of phenolic OH excluding ortho intramolecular Hbond substituents is 1. The van der Waals surface area contributed by atoms with Crippen molar-refractivity contribution in [1.82, 2.24) is 0 Å². The Balaban J connectivity index is 2.10. The Kier molecular flexibility index (Phi) is 3.78. The van der Waals surface area contributed by atoms with Gasteiger partial charge in [0.05, 0.1) is 34.9 Å². The Morgan fingerprint density at radius 1 is 1.04 bits per heavy atom. The van der Waals surface area contributed by atoms with Crippen molar-refractivity contribution in [2.45, 2.75) is 18.9 Å². The summed E-state index contributed by atoms with van der Waals surface area (Å²) in [6.45, 7) is 0.518. The van der Waals surface area contributed by atoms with Gasteiger partial charge < -0.3 is 29.2 Å². The van der Waals surface area contributed by atoms with Crippen LogP contribution in [0, 0.1) is 5.21 Å². The maximum absolute atomic E-state index is 13.2. The van der Waals surface area contributed by atoms with Gasteiger partial charge in [-0.15, -0.1) is 0 Å². The average molecular weight is 357 g/mol. The predicted molar refractivity (Wildman–Crippen MR) is 97.8 cm³/mol. The Morgan fingerprint density at radius 3 is 2.42 bits per heavy atom. The van der Waals surface area contributed by atoms with Crippen molar-refractivity contribution in [3.05, 3.63) is 40.1 Å². The largest absolute Gasteiger partial charge is 0.633 e. The molecule has 1 heterocycles. The molecule has 0 radical (unpaired) electrons. The first kappa shape index (κ1) is 17.0. The molecule has 2 aliphatic rings. The molecule has 0 saturated heterocycles. The van der Waals surface area contributed by atoms with Crippen LogP contribution in [-0.4, -0.2) is 44.7 Å². The number of ether oxygens (including phenoxy) is 3. The van der Waals surface area contributed by atoms with Crippen LogP contribution in [0.2, 0.25) is 0 Å². The summed E-state index contributed by atoms with van der Waals surface area (Å²) in [5.74, 6) is 1.75. The maximum Gasteiger partial charge on any atom is 0.169 e. The predicted octanol–water partition coefficient (Wildman–Crippen LogP) is 3.18. The minimum Gasteiger partial charge on any atom is -0.633 e. The summed E-state index contributed by atoms with van der Waals surface area (Å²) < 4.78 is 16.2. The number of fused-ring (bicyclic) bond motifs is 2. The van der Waals surface area contributed by atoms with Gasteiger partial charge in [0.25, 0.3) is 0 Å². The highest BCUT2D eigenvalue weighted by Gasteiger charge is 2.42. The van der Waals surface area contributed by atoms with Crippen molar-refractivity contribution < 1.29 is 24.0 Å². The highest BCUT2D eigenvalue weighted by atomic mass is 16.5. The molecule has 0 aromatic heterocycles. The summed E-state index contributed by atoms with van der Waals surface area (Å²) in [4.78, 5) is 0. The molecule has 4 rings (SSSR count). The maximum atomic E-state index is 13.2. The number of hydrogen-bond acceptors (Lipinski definition) is 5. The Hall–Kier alpha value is -2.44. The number of aromatic hydroxyl groups is 1. The smallest absolute Gasteiger partial charge is 0.169 e. The minimum atomic E-state index is -0.332. The van der Waals surface area contributed by atoms with Crippen LogP contribution in [0.4, 0.5) is 0 Å². The van der Waals surface area contributed by atoms with E-state index in [1.807, 2.05) is 12.1 Å². The fourth-order valence-corrected chi connectivity index (χ4v) is 4.37. The van der Waals surface area contributed by atoms with E-state index < -0.39 is 0 Å². The highest BCUT2D eigenvalue weighted by Crippen LogP contribution is 2.55. The first-order valence-electron chi connectivity index (χ1n) is 8.65. The zero-order chi connectivity index (χ0) is 18.6. The molecular formula is C20H23NO5. The monoisotopic (exact) mass is 357 g/mol. The molecule has 1 aliphatic carbocycles. The van der Waals surface area contributed by atoms with Crippen LogP contribution in [0.15, 0.2) is 18.2 Å². The Morgan fingerprint density at radius 2 is 1.77 bits per heavy atom. The number of quaternary nitrogens is 1. The molecule has 26 heavy (non-hydrogen) atoms. The van der Waals surface area contributed by atoms with E-state index in [0.29, 0.717) is 36.6 Å². The SMILES string of the molecule is COc1cc2c(cc1O)C[C@H]1c3c(cc(OC)c(OC)c3-2)CC[N@@+]1(C)[O-]. The Bertz CT molecular complexity index is 891. The average Bonchev–Trinajstić information content (AvgIpc) is 2.63. The van der Waals surface area contributed by atoms with E-state index in [-0.39, 0.29) is 16.4 Å². The van der Waals surface area contributed by atoms with Crippen molar-refractivity contribution in [3.8, 4) is 34.1 Å². The lowest BCUT2D eigenvalue weighted by atomic mass is 9.76. The van der Waals surface area contributed by atoms with Crippen LogP contribution in [0.3, 0.4) is 0 Å². The number of methoxy groups -OCH3 is 3. The van der Waals surface area contributed by atoms with Gasteiger partial charge in [-0.3, -0.25) is 0 Å². The molecule has 1 N–H and O–H groups in total. The van der Waals surface area contributed by atoms with E-state index >= 15 is 0 Å². The van der Waals surface area contributed by atoms with Gasteiger partial charge in [-0.05, 0) is 34.9 Å². The lowest BCUT2D eigenvalue weighted by molar-refractivity contribution is -0.894. The molecule has 2 aromatic rings. The quantitative estimate of drug-likeness (QED) is 0.675. The molecule has 0 saturated carbocycles. The second-order valence-corrected chi connectivity index (χ2v) is 7.11. The molecule has 6 nitrogen and oxygen atoms in total. The highest BCUT2D eigenvalue weighted by molar-refractivity contribution is 5.84. The fraction of sp³-hybridized carbons (Fsp3) is 0.400. The van der Waals surface area contributed by atoms with Crippen LogP contribution in [0.5, 0.6) is 23.0 Å². The number of rotatable bonds is 3. The first-order valence-corrected chi connectivity index (χ1v) is 8.65. The first-order chi connectivity index (χ1) is 12.4. The van der Waals surface area contributed by atoms with Crippen LogP contribution in [0.1, 0.15) is 22.7 Å². The summed E-state index contributed by atoms with van der Waals surface area (Å²) in [6, 6.07) is 5.28. The molecule has 0 bridgehead atoms. The van der Waals surface area contributed by atoms with Crippen molar-refractivity contribution >= 4 is 0 Å². The van der Waals surface area contributed by atoms with E-state index in [9.17, 15) is 10.3 Å². The van der Waals surface area contributed by atoms with Gasteiger partial charge in [0.15, 0.2) is 23.0 Å². The number of phenols is 1. The van der Waals surface area contributed by atoms with Gasteiger partial charge in [0, 0.05) is 24.0 Å². The van der Waals surface area contributed by atoms with E-state index in [2.05, 4.69) is 0 Å². The lowest BCUT2D eigenvalue weighted by Gasteiger charge is -2.51. The topological polar surface area (TPSA) is 71.0 Å². The zero-order valence-electron chi connectivity index (χ0n) is 15.5. The van der Waals surface area contributed by atoms with E-state index in [0.717, 1.165) is 27.8 Å². The van der Waals surface area contributed by atoms with Gasteiger partial charge >= 0.3 is 0 Å². The molecule has 6 heteroatoms. The number of nitrogens with zero attached hydrogens (tertiary/aromatic N) is 1. The summed E-state index contributed by atoms with van der Waals surface area (Å²) in [7, 11) is 6.47.